The van der Waals surface area contributed by atoms with Crippen molar-refractivity contribution in [3.8, 4) is 5.75 Å². The number of nitrogens with two attached hydrogens (primary N) is 1. The molecule has 0 unspecified atom stereocenters. The summed E-state index contributed by atoms with van der Waals surface area (Å²) in [6.07, 6.45) is 1.04. The molecule has 0 fully saturated rings. The van der Waals surface area contributed by atoms with Crippen molar-refractivity contribution < 1.29 is 26.4 Å². The maximum absolute atomic E-state index is 12.4. The van der Waals surface area contributed by atoms with Crippen molar-refractivity contribution in [3.63, 3.8) is 0 Å². The number of sulfonamides is 2. The zero-order valence-electron chi connectivity index (χ0n) is 12.6. The molecule has 0 aliphatic rings. The van der Waals surface area contributed by atoms with Crippen LogP contribution >= 0.6 is 11.6 Å². The fourth-order valence-corrected chi connectivity index (χ4v) is 4.38. The summed E-state index contributed by atoms with van der Waals surface area (Å²) in [5.41, 5.74) is -0.155. The van der Waals surface area contributed by atoms with E-state index in [2.05, 4.69) is 4.98 Å². The van der Waals surface area contributed by atoms with Gasteiger partial charge in [0.1, 0.15) is 9.79 Å². The predicted molar refractivity (Wildman–Crippen MR) is 88.3 cm³/mol. The number of ether oxygens (including phenoxy) is 1. The van der Waals surface area contributed by atoms with Crippen LogP contribution in [-0.4, -0.2) is 34.8 Å². The molecule has 1 aromatic heterocycles. The minimum absolute atomic E-state index is 0.0125. The SMILES string of the molecule is COc1cc(C(=O)NS(=O)(=O)c2ccccc2S(N)(=O)=O)cnc1Cl. The molecule has 2 aromatic rings. The lowest BCUT2D eigenvalue weighted by atomic mass is 10.3. The number of pyridine rings is 1. The van der Waals surface area contributed by atoms with Crippen molar-refractivity contribution >= 4 is 37.6 Å². The van der Waals surface area contributed by atoms with Crippen molar-refractivity contribution in [2.45, 2.75) is 9.79 Å². The fourth-order valence-electron chi connectivity index (χ4n) is 1.84. The van der Waals surface area contributed by atoms with E-state index in [0.717, 1.165) is 18.3 Å². The molecule has 134 valence electrons. The van der Waals surface area contributed by atoms with Gasteiger partial charge in [-0.2, -0.15) is 0 Å². The van der Waals surface area contributed by atoms with Crippen LogP contribution in [0.4, 0.5) is 0 Å². The Hall–Kier alpha value is -2.21. The van der Waals surface area contributed by atoms with E-state index < -0.39 is 35.7 Å². The number of hydrogen-bond acceptors (Lipinski definition) is 7. The molecule has 9 nitrogen and oxygen atoms in total. The summed E-state index contributed by atoms with van der Waals surface area (Å²) in [6, 6.07) is 5.80. The number of methoxy groups -OCH3 is 1. The van der Waals surface area contributed by atoms with Gasteiger partial charge in [-0.25, -0.2) is 31.7 Å². The summed E-state index contributed by atoms with van der Waals surface area (Å²) in [5.74, 6) is -0.983. The van der Waals surface area contributed by atoms with Crippen molar-refractivity contribution in [3.05, 3.63) is 47.2 Å². The van der Waals surface area contributed by atoms with Crippen LogP contribution in [0.15, 0.2) is 46.3 Å². The normalized spacial score (nSPS) is 11.8. The number of amides is 1. The van der Waals surface area contributed by atoms with E-state index in [1.165, 1.54) is 25.3 Å². The molecule has 0 aliphatic heterocycles. The third-order valence-electron chi connectivity index (χ3n) is 2.96. The molecule has 0 radical (unpaired) electrons. The Labute approximate surface area is 148 Å². The topological polar surface area (TPSA) is 146 Å². The third-order valence-corrected chi connectivity index (χ3v) is 5.73. The summed E-state index contributed by atoms with van der Waals surface area (Å²) in [7, 11) is -7.53. The predicted octanol–water partition coefficient (Wildman–Crippen LogP) is 0.510. The van der Waals surface area contributed by atoms with Crippen LogP contribution in [0.3, 0.4) is 0 Å². The number of primary sulfonamides is 1. The maximum Gasteiger partial charge on any atom is 0.266 e. The molecule has 25 heavy (non-hydrogen) atoms. The summed E-state index contributed by atoms with van der Waals surface area (Å²) in [6.45, 7) is 0. The Morgan fingerprint density at radius 1 is 1.20 bits per heavy atom. The molecule has 0 spiro atoms. The first-order valence-electron chi connectivity index (χ1n) is 6.45. The van der Waals surface area contributed by atoms with E-state index in [-0.39, 0.29) is 16.5 Å². The fraction of sp³-hybridized carbons (Fsp3) is 0.0769. The van der Waals surface area contributed by atoms with E-state index in [9.17, 15) is 21.6 Å². The first-order chi connectivity index (χ1) is 11.6. The van der Waals surface area contributed by atoms with Crippen LogP contribution in [0.5, 0.6) is 5.75 Å². The summed E-state index contributed by atoms with van der Waals surface area (Å²) < 4.78 is 54.5. The maximum atomic E-state index is 12.4. The minimum atomic E-state index is -4.51. The van der Waals surface area contributed by atoms with Gasteiger partial charge >= 0.3 is 0 Å². The molecule has 1 aromatic carbocycles. The van der Waals surface area contributed by atoms with Gasteiger partial charge in [0.2, 0.25) is 10.0 Å². The number of nitrogens with zero attached hydrogens (tertiary/aromatic N) is 1. The van der Waals surface area contributed by atoms with E-state index in [1.54, 1.807) is 4.72 Å². The molecule has 12 heteroatoms. The number of benzene rings is 1. The summed E-state index contributed by atoms with van der Waals surface area (Å²) >= 11 is 5.73. The van der Waals surface area contributed by atoms with Crippen molar-refractivity contribution in [1.29, 1.82) is 0 Å². The summed E-state index contributed by atoms with van der Waals surface area (Å²) in [4.78, 5) is 14.6. The molecule has 0 aliphatic carbocycles. The standard InChI is InChI=1S/C13H12ClN3O6S2/c1-23-9-6-8(7-16-12(9)14)13(18)17-25(21,22)11-5-3-2-4-10(11)24(15,19)20/h2-7H,1H3,(H,17,18)(H2,15,19,20). The number of rotatable bonds is 5. The molecule has 1 amide bonds. The van der Waals surface area contributed by atoms with Gasteiger partial charge in [0.15, 0.2) is 10.9 Å². The van der Waals surface area contributed by atoms with E-state index >= 15 is 0 Å². The smallest absolute Gasteiger partial charge is 0.266 e. The van der Waals surface area contributed by atoms with E-state index in [4.69, 9.17) is 21.5 Å². The number of carbonyl (C=O) groups excluding carboxylic acids is 1. The number of hydrogen-bond donors (Lipinski definition) is 2. The zero-order chi connectivity index (χ0) is 18.8. The molecule has 0 atom stereocenters. The first kappa shape index (κ1) is 19.1. The minimum Gasteiger partial charge on any atom is -0.493 e. The Kier molecular flexibility index (Phi) is 5.32. The average molecular weight is 406 g/mol. The van der Waals surface area contributed by atoms with Crippen LogP contribution in [-0.2, 0) is 20.0 Å². The van der Waals surface area contributed by atoms with Gasteiger partial charge in [-0.05, 0) is 18.2 Å². The van der Waals surface area contributed by atoms with Crippen LogP contribution in [0.25, 0.3) is 0 Å². The monoisotopic (exact) mass is 405 g/mol. The number of carbonyl (C=O) groups is 1. The number of aromatic nitrogens is 1. The highest BCUT2D eigenvalue weighted by Crippen LogP contribution is 2.23. The molecule has 3 N–H and O–H groups in total. The van der Waals surface area contributed by atoms with Gasteiger partial charge in [-0.15, -0.1) is 0 Å². The van der Waals surface area contributed by atoms with Crippen LogP contribution in [0, 0.1) is 0 Å². The number of halogens is 1. The van der Waals surface area contributed by atoms with Gasteiger partial charge in [-0.1, -0.05) is 23.7 Å². The molecule has 2 rings (SSSR count). The number of nitrogens with one attached hydrogen (secondary N) is 1. The lowest BCUT2D eigenvalue weighted by molar-refractivity contribution is 0.0980. The molecule has 1 heterocycles. The second-order valence-corrected chi connectivity index (χ2v) is 8.18. The highest BCUT2D eigenvalue weighted by molar-refractivity contribution is 7.92. The Morgan fingerprint density at radius 3 is 2.36 bits per heavy atom. The van der Waals surface area contributed by atoms with Crippen LogP contribution in [0.2, 0.25) is 5.15 Å². The van der Waals surface area contributed by atoms with Crippen molar-refractivity contribution in [1.82, 2.24) is 9.71 Å². The lowest BCUT2D eigenvalue weighted by Gasteiger charge is -2.11. The van der Waals surface area contributed by atoms with E-state index in [0.29, 0.717) is 0 Å². The van der Waals surface area contributed by atoms with Gasteiger partial charge in [0, 0.05) is 6.20 Å². The quantitative estimate of drug-likeness (QED) is 0.689. The van der Waals surface area contributed by atoms with Gasteiger partial charge in [0.05, 0.1) is 12.7 Å². The Morgan fingerprint density at radius 2 is 1.80 bits per heavy atom. The Balaban J connectivity index is 2.42. The molecule has 0 bridgehead atoms. The molecule has 0 saturated heterocycles. The molecule has 0 saturated carbocycles. The lowest BCUT2D eigenvalue weighted by Crippen LogP contribution is -2.32. The van der Waals surface area contributed by atoms with Crippen molar-refractivity contribution in [2.24, 2.45) is 5.14 Å². The van der Waals surface area contributed by atoms with Gasteiger partial charge in [-0.3, -0.25) is 4.79 Å². The largest absolute Gasteiger partial charge is 0.493 e. The zero-order valence-corrected chi connectivity index (χ0v) is 15.0. The first-order valence-corrected chi connectivity index (χ1v) is 9.85. The second-order valence-electron chi connectivity index (χ2n) is 4.64. The second kappa shape index (κ2) is 6.96. The molecular weight excluding hydrogens is 394 g/mol. The van der Waals surface area contributed by atoms with Crippen LogP contribution in [0.1, 0.15) is 10.4 Å². The highest BCUT2D eigenvalue weighted by atomic mass is 35.5. The Bertz CT molecular complexity index is 1040. The summed E-state index contributed by atoms with van der Waals surface area (Å²) in [5, 5.41) is 4.99. The highest BCUT2D eigenvalue weighted by Gasteiger charge is 2.26. The van der Waals surface area contributed by atoms with Gasteiger partial charge < -0.3 is 4.74 Å². The van der Waals surface area contributed by atoms with Gasteiger partial charge in [0.25, 0.3) is 15.9 Å². The van der Waals surface area contributed by atoms with Crippen LogP contribution < -0.4 is 14.6 Å². The van der Waals surface area contributed by atoms with Crippen molar-refractivity contribution in [2.75, 3.05) is 7.11 Å². The average Bonchev–Trinajstić information content (AvgIpc) is 2.54. The molecular formula is C13H12ClN3O6S2. The van der Waals surface area contributed by atoms with E-state index in [1.807, 2.05) is 0 Å². The third kappa shape index (κ3) is 4.25.